The molecule has 1 aliphatic rings. The predicted molar refractivity (Wildman–Crippen MR) is 50.9 cm³/mol. The van der Waals surface area contributed by atoms with Crippen LogP contribution >= 0.6 is 0 Å². The topological polar surface area (TPSA) is 21.3 Å². The fraction of sp³-hybridized carbons (Fsp3) is 1.00. The summed E-state index contributed by atoms with van der Waals surface area (Å²) in [4.78, 5) is 5.26. The zero-order valence-corrected chi connectivity index (χ0v) is 7.98. The highest BCUT2D eigenvalue weighted by Crippen LogP contribution is 2.08. The van der Waals surface area contributed by atoms with Crippen LogP contribution in [0.4, 0.5) is 0 Å². The number of nitrogens with one attached hydrogen (secondary N) is 1. The molecule has 0 bridgehead atoms. The Morgan fingerprint density at radius 1 is 0.667 bits per heavy atom. The normalized spacial score (nSPS) is 24.0. The lowest BCUT2D eigenvalue weighted by Gasteiger charge is -2.07. The highest BCUT2D eigenvalue weighted by Gasteiger charge is 1.95. The smallest absolute Gasteiger partial charge is 0.0682 e. The van der Waals surface area contributed by atoms with Crippen molar-refractivity contribution in [2.45, 2.75) is 51.4 Å². The van der Waals surface area contributed by atoms with E-state index in [4.69, 9.17) is 4.84 Å². The molecule has 0 radical (unpaired) electrons. The van der Waals surface area contributed by atoms with Gasteiger partial charge < -0.3 is 4.84 Å². The van der Waals surface area contributed by atoms with Crippen molar-refractivity contribution in [1.82, 2.24) is 5.48 Å². The van der Waals surface area contributed by atoms with Crippen LogP contribution in [0.15, 0.2) is 0 Å². The van der Waals surface area contributed by atoms with Gasteiger partial charge in [0, 0.05) is 6.54 Å². The maximum absolute atomic E-state index is 5.26. The van der Waals surface area contributed by atoms with Crippen LogP contribution in [0.2, 0.25) is 0 Å². The molecule has 1 aliphatic heterocycles. The fourth-order valence-electron chi connectivity index (χ4n) is 1.58. The minimum absolute atomic E-state index is 0.889. The molecule has 1 fully saturated rings. The molecule has 0 amide bonds. The van der Waals surface area contributed by atoms with Gasteiger partial charge in [-0.2, -0.15) is 0 Å². The average Bonchev–Trinajstić information content (AvgIpc) is 2.05. The summed E-state index contributed by atoms with van der Waals surface area (Å²) in [6.07, 6.45) is 10.8. The minimum Gasteiger partial charge on any atom is -0.302 e. The van der Waals surface area contributed by atoms with Crippen LogP contribution in [-0.2, 0) is 4.84 Å². The minimum atomic E-state index is 0.889. The molecule has 72 valence electrons. The summed E-state index contributed by atoms with van der Waals surface area (Å²) in [5.41, 5.74) is 3.00. The van der Waals surface area contributed by atoms with E-state index in [0.717, 1.165) is 13.2 Å². The van der Waals surface area contributed by atoms with Gasteiger partial charge in [0.15, 0.2) is 0 Å². The zero-order chi connectivity index (χ0) is 8.49. The first kappa shape index (κ1) is 10.0. The second-order valence-electron chi connectivity index (χ2n) is 3.57. The van der Waals surface area contributed by atoms with Crippen molar-refractivity contribution in [3.05, 3.63) is 0 Å². The summed E-state index contributed by atoms with van der Waals surface area (Å²) >= 11 is 0. The van der Waals surface area contributed by atoms with Crippen LogP contribution in [0.3, 0.4) is 0 Å². The molecule has 2 nitrogen and oxygen atoms in total. The highest BCUT2D eigenvalue weighted by atomic mass is 16.6. The molecule has 1 heterocycles. The van der Waals surface area contributed by atoms with Crippen molar-refractivity contribution < 1.29 is 4.84 Å². The van der Waals surface area contributed by atoms with E-state index in [-0.39, 0.29) is 0 Å². The molecule has 0 saturated carbocycles. The Balaban J connectivity index is 2.00. The van der Waals surface area contributed by atoms with Crippen molar-refractivity contribution in [1.29, 1.82) is 0 Å². The molecule has 1 saturated heterocycles. The Kier molecular flexibility index (Phi) is 6.30. The van der Waals surface area contributed by atoms with Crippen LogP contribution < -0.4 is 5.48 Å². The first-order valence-electron chi connectivity index (χ1n) is 5.35. The summed E-state index contributed by atoms with van der Waals surface area (Å²) in [6.45, 7) is 1.92. The van der Waals surface area contributed by atoms with Crippen LogP contribution in [0.5, 0.6) is 0 Å². The van der Waals surface area contributed by atoms with Crippen molar-refractivity contribution >= 4 is 0 Å². The first-order valence-corrected chi connectivity index (χ1v) is 5.35. The second kappa shape index (κ2) is 7.56. The lowest BCUT2D eigenvalue weighted by Crippen LogP contribution is -2.16. The SMILES string of the molecule is C1CCCCCONCCCC1. The van der Waals surface area contributed by atoms with E-state index < -0.39 is 0 Å². The molecule has 0 aromatic carbocycles. The van der Waals surface area contributed by atoms with E-state index in [1.165, 1.54) is 51.4 Å². The van der Waals surface area contributed by atoms with Gasteiger partial charge in [0.05, 0.1) is 6.61 Å². The number of hydrogen-bond acceptors (Lipinski definition) is 2. The molecule has 0 aliphatic carbocycles. The van der Waals surface area contributed by atoms with Gasteiger partial charge >= 0.3 is 0 Å². The Bertz CT molecular complexity index is 52.8. The molecule has 0 atom stereocenters. The van der Waals surface area contributed by atoms with Gasteiger partial charge in [-0.05, 0) is 12.8 Å². The lowest BCUT2D eigenvalue weighted by atomic mass is 10.1. The molecule has 1 rings (SSSR count). The van der Waals surface area contributed by atoms with E-state index in [1.54, 1.807) is 0 Å². The van der Waals surface area contributed by atoms with Crippen molar-refractivity contribution in [2.24, 2.45) is 0 Å². The quantitative estimate of drug-likeness (QED) is 0.605. The Morgan fingerprint density at radius 2 is 1.25 bits per heavy atom. The van der Waals surface area contributed by atoms with Crippen LogP contribution in [0, 0.1) is 0 Å². The molecule has 0 unspecified atom stereocenters. The Hall–Kier alpha value is -0.0800. The molecule has 2 heteroatoms. The fourth-order valence-corrected chi connectivity index (χ4v) is 1.58. The largest absolute Gasteiger partial charge is 0.302 e. The highest BCUT2D eigenvalue weighted by molar-refractivity contribution is 4.48. The third-order valence-corrected chi connectivity index (χ3v) is 2.38. The monoisotopic (exact) mass is 171 g/mol. The summed E-state index contributed by atoms with van der Waals surface area (Å²) in [5.74, 6) is 0. The molecule has 0 aromatic rings. The summed E-state index contributed by atoms with van der Waals surface area (Å²) in [6, 6.07) is 0. The van der Waals surface area contributed by atoms with Crippen LogP contribution in [0.1, 0.15) is 51.4 Å². The lowest BCUT2D eigenvalue weighted by molar-refractivity contribution is 0.0371. The van der Waals surface area contributed by atoms with Gasteiger partial charge in [0.2, 0.25) is 0 Å². The number of rotatable bonds is 0. The number of hydrogen-bond donors (Lipinski definition) is 1. The zero-order valence-electron chi connectivity index (χ0n) is 7.98. The molecule has 12 heavy (non-hydrogen) atoms. The van der Waals surface area contributed by atoms with Crippen molar-refractivity contribution in [3.8, 4) is 0 Å². The van der Waals surface area contributed by atoms with E-state index in [0.29, 0.717) is 0 Å². The van der Waals surface area contributed by atoms with Gasteiger partial charge in [-0.15, -0.1) is 0 Å². The summed E-state index contributed by atoms with van der Waals surface area (Å²) in [5, 5.41) is 0. The standard InChI is InChI=1S/C10H21NO/c1-2-4-6-8-10-12-11-9-7-5-3-1/h11H,1-10H2. The summed E-state index contributed by atoms with van der Waals surface area (Å²) in [7, 11) is 0. The van der Waals surface area contributed by atoms with Crippen LogP contribution in [-0.4, -0.2) is 13.2 Å². The summed E-state index contributed by atoms with van der Waals surface area (Å²) < 4.78 is 0. The molecule has 0 spiro atoms. The van der Waals surface area contributed by atoms with Gasteiger partial charge in [-0.25, -0.2) is 5.48 Å². The number of hydroxylamine groups is 1. The van der Waals surface area contributed by atoms with E-state index in [1.807, 2.05) is 0 Å². The van der Waals surface area contributed by atoms with Crippen molar-refractivity contribution in [3.63, 3.8) is 0 Å². The average molecular weight is 171 g/mol. The van der Waals surface area contributed by atoms with Gasteiger partial charge in [-0.3, -0.25) is 0 Å². The first-order chi connectivity index (χ1) is 6.00. The molecular formula is C10H21NO. The van der Waals surface area contributed by atoms with Gasteiger partial charge in [-0.1, -0.05) is 38.5 Å². The van der Waals surface area contributed by atoms with Gasteiger partial charge in [0.25, 0.3) is 0 Å². The second-order valence-corrected chi connectivity index (χ2v) is 3.57. The van der Waals surface area contributed by atoms with Crippen LogP contribution in [0.25, 0.3) is 0 Å². The Labute approximate surface area is 75.6 Å². The third-order valence-electron chi connectivity index (χ3n) is 2.38. The maximum atomic E-state index is 5.26. The predicted octanol–water partition coefficient (Wildman–Crippen LogP) is 2.64. The molecular weight excluding hydrogens is 150 g/mol. The third kappa shape index (κ3) is 5.56. The molecule has 1 N–H and O–H groups in total. The Morgan fingerprint density at radius 3 is 2.00 bits per heavy atom. The van der Waals surface area contributed by atoms with E-state index in [9.17, 15) is 0 Å². The van der Waals surface area contributed by atoms with Crippen molar-refractivity contribution in [2.75, 3.05) is 13.2 Å². The van der Waals surface area contributed by atoms with E-state index in [2.05, 4.69) is 5.48 Å². The maximum Gasteiger partial charge on any atom is 0.0682 e. The van der Waals surface area contributed by atoms with E-state index >= 15 is 0 Å². The van der Waals surface area contributed by atoms with Gasteiger partial charge in [0.1, 0.15) is 0 Å². The molecule has 0 aromatic heterocycles.